The maximum atomic E-state index is 13.1. The van der Waals surface area contributed by atoms with E-state index >= 15 is 0 Å². The van der Waals surface area contributed by atoms with Gasteiger partial charge in [-0.15, -0.1) is 5.01 Å². The van der Waals surface area contributed by atoms with Gasteiger partial charge < -0.3 is 9.84 Å². The fourth-order valence-electron chi connectivity index (χ4n) is 3.56. The number of benzene rings is 2. The van der Waals surface area contributed by atoms with Crippen molar-refractivity contribution in [3.05, 3.63) is 71.8 Å². The van der Waals surface area contributed by atoms with Crippen LogP contribution in [0, 0.1) is 0 Å². The van der Waals surface area contributed by atoms with Crippen molar-refractivity contribution >= 4 is 6.09 Å². The van der Waals surface area contributed by atoms with Gasteiger partial charge in [0.05, 0.1) is 13.2 Å². The van der Waals surface area contributed by atoms with Crippen LogP contribution >= 0.6 is 0 Å². The third kappa shape index (κ3) is 7.81. The number of carbonyl (C=O) groups is 1. The van der Waals surface area contributed by atoms with Gasteiger partial charge >= 0.3 is 6.09 Å². The van der Waals surface area contributed by atoms with Crippen LogP contribution in [0.25, 0.3) is 0 Å². The van der Waals surface area contributed by atoms with Crippen LogP contribution in [0.15, 0.2) is 60.7 Å². The number of nitrogens with zero attached hydrogens (tertiary/aromatic N) is 2. The van der Waals surface area contributed by atoms with Gasteiger partial charge in [0.15, 0.2) is 0 Å². The zero-order chi connectivity index (χ0) is 22.2. The number of rotatable bonds is 9. The topological polar surface area (TPSA) is 49.8 Å². The number of carbonyl (C=O) groups excluding carboxylic acids is 1. The first kappa shape index (κ1) is 23.9. The van der Waals surface area contributed by atoms with Crippen LogP contribution in [-0.2, 0) is 17.7 Å². The molecule has 1 amide bonds. The Morgan fingerprint density at radius 3 is 2.07 bits per heavy atom. The van der Waals surface area contributed by atoms with Gasteiger partial charge in [0.1, 0.15) is 25.2 Å². The molecule has 0 aromatic heterocycles. The number of aliphatic hydroxyl groups is 1. The Labute approximate surface area is 181 Å². The quantitative estimate of drug-likeness (QED) is 0.475. The summed E-state index contributed by atoms with van der Waals surface area (Å²) in [5.74, 6) is 0. The third-order valence-corrected chi connectivity index (χ3v) is 4.94. The Balaban J connectivity index is 2.27. The van der Waals surface area contributed by atoms with E-state index in [1.54, 1.807) is 11.9 Å². The van der Waals surface area contributed by atoms with E-state index < -0.39 is 17.8 Å². The van der Waals surface area contributed by atoms with Crippen molar-refractivity contribution in [1.82, 2.24) is 5.01 Å². The van der Waals surface area contributed by atoms with E-state index in [4.69, 9.17) is 4.74 Å². The monoisotopic (exact) mass is 413 g/mol. The fourth-order valence-corrected chi connectivity index (χ4v) is 3.56. The first-order valence-corrected chi connectivity index (χ1v) is 10.7. The van der Waals surface area contributed by atoms with Gasteiger partial charge in [0.2, 0.25) is 0 Å². The summed E-state index contributed by atoms with van der Waals surface area (Å²) in [5.41, 5.74) is 1.82. The number of hydrogen-bond donors (Lipinski definition) is 1. The van der Waals surface area contributed by atoms with E-state index in [0.717, 1.165) is 24.9 Å². The van der Waals surface area contributed by atoms with Crippen molar-refractivity contribution in [2.75, 3.05) is 20.1 Å². The van der Waals surface area contributed by atoms with Crippen LogP contribution in [0.5, 0.6) is 0 Å². The van der Waals surface area contributed by atoms with Crippen molar-refractivity contribution < 1.29 is 19.2 Å². The summed E-state index contributed by atoms with van der Waals surface area (Å²) < 4.78 is 6.05. The van der Waals surface area contributed by atoms with Gasteiger partial charge in [-0.05, 0) is 39.7 Å². The molecule has 0 saturated heterocycles. The van der Waals surface area contributed by atoms with Crippen molar-refractivity contribution in [2.24, 2.45) is 0 Å². The van der Waals surface area contributed by atoms with Gasteiger partial charge in [0.25, 0.3) is 0 Å². The van der Waals surface area contributed by atoms with Crippen molar-refractivity contribution in [1.29, 1.82) is 0 Å². The molecule has 5 heteroatoms. The molecule has 0 spiro atoms. The lowest BCUT2D eigenvalue weighted by atomic mass is 10.1. The van der Waals surface area contributed by atoms with Crippen LogP contribution < -0.4 is 0 Å². The lowest BCUT2D eigenvalue weighted by molar-refractivity contribution is -1.02. The average Bonchev–Trinajstić information content (AvgIpc) is 2.66. The minimum atomic E-state index is -0.653. The van der Waals surface area contributed by atoms with Gasteiger partial charge in [-0.2, -0.15) is 0 Å². The summed E-state index contributed by atoms with van der Waals surface area (Å²) >= 11 is 0. The van der Waals surface area contributed by atoms with E-state index in [-0.39, 0.29) is 6.54 Å². The summed E-state index contributed by atoms with van der Waals surface area (Å²) in [5, 5.41) is 11.8. The SMILES string of the molecule is CC(O)CN(C(=O)OC(C)(C)C)[N@+](C)(CCCc1ccccc1)Cc1ccccc1. The van der Waals surface area contributed by atoms with E-state index in [1.807, 2.05) is 64.2 Å². The molecule has 0 bridgehead atoms. The molecule has 164 valence electrons. The predicted molar refractivity (Wildman–Crippen MR) is 121 cm³/mol. The predicted octanol–water partition coefficient (Wildman–Crippen LogP) is 4.80. The second kappa shape index (κ2) is 10.6. The molecular weight excluding hydrogens is 376 g/mol. The molecule has 2 atom stereocenters. The molecular formula is C25H37N2O3+. The molecule has 1 unspecified atom stereocenters. The Hall–Kier alpha value is -2.37. The van der Waals surface area contributed by atoms with E-state index in [9.17, 15) is 9.90 Å². The number of amides is 1. The summed E-state index contributed by atoms with van der Waals surface area (Å²) in [4.78, 5) is 13.1. The number of aryl methyl sites for hydroxylation is 1. The van der Waals surface area contributed by atoms with Crippen LogP contribution in [0.1, 0.15) is 45.2 Å². The highest BCUT2D eigenvalue weighted by atomic mass is 16.6. The standard InChI is InChI=1S/C25H37N2O3/c1-21(28)19-26(24(29)30-25(2,3)4)27(5,20-23-15-10-7-11-16-23)18-12-17-22-13-8-6-9-14-22/h6-11,13-16,21,28H,12,17-20H2,1-5H3/q+1/t21?,27-/m1/s1. The Kier molecular flexibility index (Phi) is 8.44. The van der Waals surface area contributed by atoms with Crippen LogP contribution in [0.2, 0.25) is 0 Å². The molecule has 30 heavy (non-hydrogen) atoms. The molecule has 0 aliphatic carbocycles. The highest BCUT2D eigenvalue weighted by Gasteiger charge is 2.38. The molecule has 0 aliphatic heterocycles. The Morgan fingerprint density at radius 1 is 1.03 bits per heavy atom. The Morgan fingerprint density at radius 2 is 1.57 bits per heavy atom. The first-order chi connectivity index (χ1) is 14.1. The summed E-state index contributed by atoms with van der Waals surface area (Å²) in [7, 11) is 2.05. The molecule has 0 heterocycles. The highest BCUT2D eigenvalue weighted by molar-refractivity contribution is 5.66. The minimum Gasteiger partial charge on any atom is -0.441 e. The molecule has 2 rings (SSSR count). The molecule has 5 nitrogen and oxygen atoms in total. The van der Waals surface area contributed by atoms with Crippen molar-refractivity contribution in [3.8, 4) is 0 Å². The number of aliphatic hydroxyl groups excluding tert-OH is 1. The van der Waals surface area contributed by atoms with Crippen molar-refractivity contribution in [3.63, 3.8) is 0 Å². The summed E-state index contributed by atoms with van der Waals surface area (Å²) in [6.45, 7) is 8.89. The maximum Gasteiger partial charge on any atom is 0.455 e. The van der Waals surface area contributed by atoms with Gasteiger partial charge in [-0.1, -0.05) is 60.7 Å². The molecule has 0 aliphatic rings. The molecule has 2 aromatic rings. The van der Waals surface area contributed by atoms with Crippen LogP contribution in [-0.4, -0.2) is 52.6 Å². The zero-order valence-electron chi connectivity index (χ0n) is 19.0. The van der Waals surface area contributed by atoms with E-state index in [1.165, 1.54) is 5.56 Å². The minimum absolute atomic E-state index is 0.212. The van der Waals surface area contributed by atoms with Gasteiger partial charge in [-0.3, -0.25) is 0 Å². The van der Waals surface area contributed by atoms with E-state index in [0.29, 0.717) is 11.1 Å². The largest absolute Gasteiger partial charge is 0.455 e. The molecule has 1 N–H and O–H groups in total. The number of quaternary nitrogens is 1. The normalized spacial score (nSPS) is 14.6. The third-order valence-electron chi connectivity index (χ3n) is 4.94. The van der Waals surface area contributed by atoms with Crippen molar-refractivity contribution in [2.45, 2.75) is 58.8 Å². The van der Waals surface area contributed by atoms with Gasteiger partial charge in [0, 0.05) is 12.0 Å². The lowest BCUT2D eigenvalue weighted by Crippen LogP contribution is -2.62. The maximum absolute atomic E-state index is 13.1. The fraction of sp³-hybridized carbons (Fsp3) is 0.480. The van der Waals surface area contributed by atoms with Crippen LogP contribution in [0.3, 0.4) is 0 Å². The summed E-state index contributed by atoms with van der Waals surface area (Å²) in [6.07, 6.45) is 0.786. The smallest absolute Gasteiger partial charge is 0.441 e. The first-order valence-electron chi connectivity index (χ1n) is 10.7. The average molecular weight is 414 g/mol. The molecule has 0 fully saturated rings. The zero-order valence-corrected chi connectivity index (χ0v) is 19.0. The molecule has 0 saturated carbocycles. The highest BCUT2D eigenvalue weighted by Crippen LogP contribution is 2.22. The Bertz CT molecular complexity index is 772. The lowest BCUT2D eigenvalue weighted by Gasteiger charge is -2.43. The molecule has 2 aromatic carbocycles. The van der Waals surface area contributed by atoms with E-state index in [2.05, 4.69) is 24.3 Å². The second-order valence-electron chi connectivity index (χ2n) is 9.21. The van der Waals surface area contributed by atoms with Gasteiger partial charge in [-0.25, -0.2) is 9.39 Å². The number of ether oxygens (including phenoxy) is 1. The molecule has 0 radical (unpaired) electrons. The number of hydrogen-bond acceptors (Lipinski definition) is 3. The second-order valence-corrected chi connectivity index (χ2v) is 9.21. The summed E-state index contributed by atoms with van der Waals surface area (Å²) in [6, 6.07) is 20.5. The van der Waals surface area contributed by atoms with Crippen LogP contribution in [0.4, 0.5) is 4.79 Å².